The molecule has 0 fully saturated rings. The van der Waals surface area contributed by atoms with Crippen molar-refractivity contribution >= 4 is 17.6 Å². The van der Waals surface area contributed by atoms with Crippen LogP contribution in [0.15, 0.2) is 78.9 Å². The van der Waals surface area contributed by atoms with E-state index in [1.54, 1.807) is 31.3 Å². The van der Waals surface area contributed by atoms with Gasteiger partial charge in [-0.05, 0) is 47.4 Å². The normalized spacial score (nSPS) is 11.0. The molecule has 0 radical (unpaired) electrons. The molecule has 0 aliphatic rings. The third-order valence-corrected chi connectivity index (χ3v) is 4.87. The summed E-state index contributed by atoms with van der Waals surface area (Å²) in [6.45, 7) is 6.14. The second kappa shape index (κ2) is 9.47. The molecule has 0 heterocycles. The summed E-state index contributed by atoms with van der Waals surface area (Å²) in [7, 11) is 1.68. The molecule has 0 aromatic heterocycles. The predicted molar refractivity (Wildman–Crippen MR) is 122 cm³/mol. The van der Waals surface area contributed by atoms with Crippen molar-refractivity contribution < 1.29 is 19.1 Å². The minimum Gasteiger partial charge on any atom is -0.482 e. The number of rotatable bonds is 6. The van der Waals surface area contributed by atoms with Gasteiger partial charge < -0.3 is 14.4 Å². The highest BCUT2D eigenvalue weighted by molar-refractivity contribution is 6.07. The molecular formula is C26H27NO4. The Morgan fingerprint density at radius 2 is 1.45 bits per heavy atom. The standard InChI is InChI=1S/C26H27NO4/c1-26(2,3)19-14-16-21(17-15-19)30-18-24(28)31-23-13-9-8-12-22(23)25(29)27(4)20-10-6-5-7-11-20/h5-17H,18H2,1-4H3. The van der Waals surface area contributed by atoms with E-state index < -0.39 is 5.97 Å². The fourth-order valence-electron chi connectivity index (χ4n) is 3.03. The fraction of sp³-hybridized carbons (Fsp3) is 0.231. The molecule has 5 heteroatoms. The molecule has 0 saturated heterocycles. The van der Waals surface area contributed by atoms with Crippen molar-refractivity contribution in [3.8, 4) is 11.5 Å². The number of anilines is 1. The van der Waals surface area contributed by atoms with E-state index >= 15 is 0 Å². The van der Waals surface area contributed by atoms with Gasteiger partial charge in [-0.2, -0.15) is 0 Å². The molecule has 3 aromatic carbocycles. The fourth-order valence-corrected chi connectivity index (χ4v) is 3.03. The number of carbonyl (C=O) groups is 2. The molecule has 0 N–H and O–H groups in total. The van der Waals surface area contributed by atoms with Gasteiger partial charge in [-0.25, -0.2) is 4.79 Å². The maximum absolute atomic E-state index is 12.9. The Kier molecular flexibility index (Phi) is 6.75. The van der Waals surface area contributed by atoms with E-state index in [9.17, 15) is 9.59 Å². The Labute approximate surface area is 183 Å². The Hall–Kier alpha value is -3.60. The molecule has 31 heavy (non-hydrogen) atoms. The number of carbonyl (C=O) groups excluding carboxylic acids is 2. The van der Waals surface area contributed by atoms with Crippen LogP contribution in [0, 0.1) is 0 Å². The van der Waals surface area contributed by atoms with E-state index in [1.165, 1.54) is 10.5 Å². The van der Waals surface area contributed by atoms with Crippen molar-refractivity contribution in [3.63, 3.8) is 0 Å². The van der Waals surface area contributed by atoms with Crippen LogP contribution in [0.2, 0.25) is 0 Å². The highest BCUT2D eigenvalue weighted by Gasteiger charge is 2.20. The molecule has 0 atom stereocenters. The zero-order valence-corrected chi connectivity index (χ0v) is 18.3. The van der Waals surface area contributed by atoms with Crippen LogP contribution < -0.4 is 14.4 Å². The number of benzene rings is 3. The SMILES string of the molecule is CN(C(=O)c1ccccc1OC(=O)COc1ccc(C(C)(C)C)cc1)c1ccccc1. The molecule has 3 aromatic rings. The number of amides is 1. The smallest absolute Gasteiger partial charge is 0.349 e. The van der Waals surface area contributed by atoms with Crippen LogP contribution in [0.3, 0.4) is 0 Å². The number of nitrogens with zero attached hydrogens (tertiary/aromatic N) is 1. The minimum absolute atomic E-state index is 0.0423. The molecule has 1 amide bonds. The van der Waals surface area contributed by atoms with Gasteiger partial charge in [-0.3, -0.25) is 4.79 Å². The number of para-hydroxylation sites is 2. The zero-order chi connectivity index (χ0) is 22.4. The van der Waals surface area contributed by atoms with E-state index in [0.29, 0.717) is 11.3 Å². The Bertz CT molecular complexity index is 1040. The van der Waals surface area contributed by atoms with Crippen LogP contribution in [-0.4, -0.2) is 25.5 Å². The first kappa shape index (κ1) is 22.1. The van der Waals surface area contributed by atoms with Crippen LogP contribution in [0.1, 0.15) is 36.7 Å². The van der Waals surface area contributed by atoms with E-state index in [4.69, 9.17) is 9.47 Å². The molecule has 0 spiro atoms. The van der Waals surface area contributed by atoms with Gasteiger partial charge in [0.05, 0.1) is 5.56 Å². The molecule has 3 rings (SSSR count). The molecule has 0 unspecified atom stereocenters. The second-order valence-corrected chi connectivity index (χ2v) is 8.23. The third-order valence-electron chi connectivity index (χ3n) is 4.87. The number of ether oxygens (including phenoxy) is 2. The van der Waals surface area contributed by atoms with Gasteiger partial charge in [-0.15, -0.1) is 0 Å². The minimum atomic E-state index is -0.581. The van der Waals surface area contributed by atoms with Gasteiger partial charge in [0, 0.05) is 12.7 Å². The molecule has 0 aliphatic heterocycles. The van der Waals surface area contributed by atoms with Crippen molar-refractivity contribution in [2.75, 3.05) is 18.6 Å². The molecule has 0 aliphatic carbocycles. The lowest BCUT2D eigenvalue weighted by molar-refractivity contribution is -0.136. The summed E-state index contributed by atoms with van der Waals surface area (Å²) >= 11 is 0. The highest BCUT2D eigenvalue weighted by atomic mass is 16.6. The predicted octanol–water partition coefficient (Wildman–Crippen LogP) is 5.25. The summed E-state index contributed by atoms with van der Waals surface area (Å²) in [4.78, 5) is 26.8. The van der Waals surface area contributed by atoms with E-state index in [1.807, 2.05) is 54.6 Å². The first-order chi connectivity index (χ1) is 14.8. The molecule has 5 nitrogen and oxygen atoms in total. The summed E-state index contributed by atoms with van der Waals surface area (Å²) in [5.74, 6) is -0.0686. The zero-order valence-electron chi connectivity index (χ0n) is 18.3. The van der Waals surface area contributed by atoms with Crippen molar-refractivity contribution in [2.24, 2.45) is 0 Å². The molecular weight excluding hydrogens is 390 g/mol. The summed E-state index contributed by atoms with van der Waals surface area (Å²) in [5, 5.41) is 0. The van der Waals surface area contributed by atoms with Crippen molar-refractivity contribution in [3.05, 3.63) is 90.0 Å². The first-order valence-electron chi connectivity index (χ1n) is 10.1. The van der Waals surface area contributed by atoms with Gasteiger partial charge in [0.15, 0.2) is 6.61 Å². The number of hydrogen-bond acceptors (Lipinski definition) is 4. The van der Waals surface area contributed by atoms with Crippen LogP contribution in [-0.2, 0) is 10.2 Å². The lowest BCUT2D eigenvalue weighted by Gasteiger charge is -2.19. The summed E-state index contributed by atoms with van der Waals surface area (Å²) < 4.78 is 11.0. The molecule has 160 valence electrons. The highest BCUT2D eigenvalue weighted by Crippen LogP contribution is 2.25. The van der Waals surface area contributed by atoms with Gasteiger partial charge in [0.2, 0.25) is 0 Å². The van der Waals surface area contributed by atoms with E-state index in [2.05, 4.69) is 20.8 Å². The van der Waals surface area contributed by atoms with Crippen LogP contribution in [0.4, 0.5) is 5.69 Å². The lowest BCUT2D eigenvalue weighted by Crippen LogP contribution is -2.27. The number of hydrogen-bond donors (Lipinski definition) is 0. The summed E-state index contributed by atoms with van der Waals surface area (Å²) in [6, 6.07) is 23.6. The van der Waals surface area contributed by atoms with Crippen LogP contribution >= 0.6 is 0 Å². The topological polar surface area (TPSA) is 55.8 Å². The van der Waals surface area contributed by atoms with Gasteiger partial charge in [0.1, 0.15) is 11.5 Å². The lowest BCUT2D eigenvalue weighted by atomic mass is 9.87. The average Bonchev–Trinajstić information content (AvgIpc) is 2.77. The first-order valence-corrected chi connectivity index (χ1v) is 10.1. The van der Waals surface area contributed by atoms with Crippen LogP contribution in [0.25, 0.3) is 0 Å². The number of esters is 1. The average molecular weight is 418 g/mol. The quantitative estimate of drug-likeness (QED) is 0.406. The summed E-state index contributed by atoms with van der Waals surface area (Å²) in [5.41, 5.74) is 2.27. The van der Waals surface area contributed by atoms with Gasteiger partial charge in [-0.1, -0.05) is 63.2 Å². The largest absolute Gasteiger partial charge is 0.482 e. The van der Waals surface area contributed by atoms with Crippen LogP contribution in [0.5, 0.6) is 11.5 Å². The van der Waals surface area contributed by atoms with Gasteiger partial charge in [0.25, 0.3) is 5.91 Å². The van der Waals surface area contributed by atoms with Gasteiger partial charge >= 0.3 is 5.97 Å². The Balaban J connectivity index is 1.65. The van der Waals surface area contributed by atoms with E-state index in [-0.39, 0.29) is 23.7 Å². The maximum atomic E-state index is 12.9. The van der Waals surface area contributed by atoms with E-state index in [0.717, 1.165) is 5.69 Å². The molecule has 0 bridgehead atoms. The van der Waals surface area contributed by atoms with Crippen molar-refractivity contribution in [1.82, 2.24) is 0 Å². The van der Waals surface area contributed by atoms with Crippen molar-refractivity contribution in [1.29, 1.82) is 0 Å². The Morgan fingerprint density at radius 3 is 2.10 bits per heavy atom. The maximum Gasteiger partial charge on any atom is 0.349 e. The second-order valence-electron chi connectivity index (χ2n) is 8.23. The monoisotopic (exact) mass is 417 g/mol. The molecule has 0 saturated carbocycles. The Morgan fingerprint density at radius 1 is 0.839 bits per heavy atom. The summed E-state index contributed by atoms with van der Waals surface area (Å²) in [6.07, 6.45) is 0. The van der Waals surface area contributed by atoms with Crippen molar-refractivity contribution in [2.45, 2.75) is 26.2 Å². The third kappa shape index (κ3) is 5.72.